The van der Waals surface area contributed by atoms with Crippen molar-refractivity contribution in [1.82, 2.24) is 0 Å². The van der Waals surface area contributed by atoms with Gasteiger partial charge in [0.25, 0.3) is 0 Å². The first kappa shape index (κ1) is 68.3. The largest absolute Gasteiger partial charge is 0.462 e. The van der Waals surface area contributed by atoms with Crippen LogP contribution in [0.25, 0.3) is 0 Å². The third kappa shape index (κ3) is 58.1. The van der Waals surface area contributed by atoms with Crippen LogP contribution in [0.2, 0.25) is 0 Å². The molecule has 0 radical (unpaired) electrons. The molecule has 0 fully saturated rings. The fraction of sp³-hybridized carbons (Fsp3) is 0.597. The Morgan fingerprint density at radius 3 is 0.781 bits per heavy atom. The molecule has 0 rings (SSSR count). The molecule has 0 saturated heterocycles. The molecule has 0 spiro atoms. The highest BCUT2D eigenvalue weighted by molar-refractivity contribution is 5.71. The number of esters is 3. The number of hydrogen-bond donors (Lipinski definition) is 0. The van der Waals surface area contributed by atoms with Gasteiger partial charge in [-0.1, -0.05) is 218 Å². The zero-order valence-corrected chi connectivity index (χ0v) is 46.8. The normalized spacial score (nSPS) is 12.8. The molecule has 0 aromatic rings. The lowest BCUT2D eigenvalue weighted by Gasteiger charge is -2.18. The van der Waals surface area contributed by atoms with Crippen molar-refractivity contribution in [2.45, 2.75) is 245 Å². The van der Waals surface area contributed by atoms with Gasteiger partial charge in [0.2, 0.25) is 0 Å². The molecule has 0 N–H and O–H groups in total. The zero-order valence-electron chi connectivity index (χ0n) is 46.8. The Hall–Kier alpha value is -4.71. The molecule has 0 amide bonds. The van der Waals surface area contributed by atoms with Gasteiger partial charge >= 0.3 is 17.9 Å². The second-order valence-electron chi connectivity index (χ2n) is 18.8. The first-order chi connectivity index (χ1) is 36.0. The fourth-order valence-corrected chi connectivity index (χ4v) is 7.34. The highest BCUT2D eigenvalue weighted by atomic mass is 16.6. The molecule has 0 aromatic carbocycles. The Labute approximate surface area is 448 Å². The van der Waals surface area contributed by atoms with E-state index in [4.69, 9.17) is 14.2 Å². The van der Waals surface area contributed by atoms with Crippen LogP contribution in [-0.2, 0) is 28.6 Å². The van der Waals surface area contributed by atoms with E-state index in [1.54, 1.807) is 0 Å². The molecule has 0 aliphatic carbocycles. The van der Waals surface area contributed by atoms with Crippen LogP contribution in [0.4, 0.5) is 0 Å². The number of hydrogen-bond acceptors (Lipinski definition) is 6. The molecule has 0 heterocycles. The third-order valence-electron chi connectivity index (χ3n) is 11.8. The summed E-state index contributed by atoms with van der Waals surface area (Å²) in [4.78, 5) is 38.2. The molecule has 0 bridgehead atoms. The van der Waals surface area contributed by atoms with Crippen LogP contribution in [0.15, 0.2) is 146 Å². The molecule has 0 aliphatic heterocycles. The van der Waals surface area contributed by atoms with Crippen molar-refractivity contribution in [3.8, 4) is 0 Å². The first-order valence-electron chi connectivity index (χ1n) is 29.3. The Kier molecular flexibility index (Phi) is 56.0. The highest BCUT2D eigenvalue weighted by Gasteiger charge is 2.19. The quantitative estimate of drug-likeness (QED) is 0.0261. The van der Waals surface area contributed by atoms with Crippen molar-refractivity contribution in [2.75, 3.05) is 13.2 Å². The zero-order chi connectivity index (χ0) is 52.9. The number of rotatable bonds is 51. The topological polar surface area (TPSA) is 78.9 Å². The van der Waals surface area contributed by atoms with Crippen molar-refractivity contribution in [3.05, 3.63) is 146 Å². The molecule has 6 heteroatoms. The maximum absolute atomic E-state index is 12.8. The van der Waals surface area contributed by atoms with E-state index >= 15 is 0 Å². The summed E-state index contributed by atoms with van der Waals surface area (Å²) in [5, 5.41) is 0. The van der Waals surface area contributed by atoms with Gasteiger partial charge in [-0.05, 0) is 148 Å². The first-order valence-corrected chi connectivity index (χ1v) is 29.3. The monoisotopic (exact) mass is 1010 g/mol. The minimum Gasteiger partial charge on any atom is -0.462 e. The maximum atomic E-state index is 12.8. The number of unbranched alkanes of at least 4 members (excludes halogenated alkanes) is 16. The SMILES string of the molecule is CCCCC/C=C\C/C=C\C/C=C\C/C=C\CCCCCC(=O)OCC(COC(=O)CCCCC/C=C\C/C=C\C/C=C\C/C=C\CCCCC)OC(=O)CCC/C=C\C/C=C\C/C=C\C/C=C\CCCCC. The van der Waals surface area contributed by atoms with Gasteiger partial charge in [0.15, 0.2) is 6.10 Å². The smallest absolute Gasteiger partial charge is 0.306 e. The van der Waals surface area contributed by atoms with Crippen LogP contribution in [0.1, 0.15) is 239 Å². The minimum absolute atomic E-state index is 0.133. The molecule has 0 unspecified atom stereocenters. The van der Waals surface area contributed by atoms with E-state index in [1.807, 2.05) is 0 Å². The molecule has 0 aromatic heterocycles. The number of allylic oxidation sites excluding steroid dienone is 24. The summed E-state index contributed by atoms with van der Waals surface area (Å²) in [6, 6.07) is 0. The minimum atomic E-state index is -0.841. The van der Waals surface area contributed by atoms with Crippen molar-refractivity contribution < 1.29 is 28.6 Å². The van der Waals surface area contributed by atoms with Crippen molar-refractivity contribution in [3.63, 3.8) is 0 Å². The molecule has 410 valence electrons. The van der Waals surface area contributed by atoms with E-state index in [0.717, 1.165) is 116 Å². The summed E-state index contributed by atoms with van der Waals surface area (Å²) in [7, 11) is 0. The van der Waals surface area contributed by atoms with E-state index in [1.165, 1.54) is 77.0 Å². The molecule has 0 atom stereocenters. The van der Waals surface area contributed by atoms with Crippen molar-refractivity contribution >= 4 is 17.9 Å². The predicted octanol–water partition coefficient (Wildman–Crippen LogP) is 20.0. The summed E-state index contributed by atoms with van der Waals surface area (Å²) in [5.41, 5.74) is 0. The van der Waals surface area contributed by atoms with Crippen LogP contribution in [-0.4, -0.2) is 37.2 Å². The third-order valence-corrected chi connectivity index (χ3v) is 11.8. The van der Waals surface area contributed by atoms with Gasteiger partial charge in [0, 0.05) is 19.3 Å². The second kappa shape index (κ2) is 59.8. The van der Waals surface area contributed by atoms with Gasteiger partial charge < -0.3 is 14.2 Å². The molecular weight excluding hydrogens is 901 g/mol. The van der Waals surface area contributed by atoms with E-state index in [9.17, 15) is 14.4 Å². The summed E-state index contributed by atoms with van der Waals surface area (Å²) >= 11 is 0. The van der Waals surface area contributed by atoms with Gasteiger partial charge in [-0.2, -0.15) is 0 Å². The number of carbonyl (C=O) groups is 3. The van der Waals surface area contributed by atoms with Crippen LogP contribution in [0, 0.1) is 0 Å². The molecule has 0 saturated carbocycles. The van der Waals surface area contributed by atoms with Gasteiger partial charge in [-0.15, -0.1) is 0 Å². The predicted molar refractivity (Wildman–Crippen MR) is 315 cm³/mol. The highest BCUT2D eigenvalue weighted by Crippen LogP contribution is 2.11. The lowest BCUT2D eigenvalue weighted by molar-refractivity contribution is -0.167. The molecular formula is C67H106O6. The Morgan fingerprint density at radius 2 is 0.507 bits per heavy atom. The molecule has 73 heavy (non-hydrogen) atoms. The number of ether oxygens (including phenoxy) is 3. The Morgan fingerprint density at radius 1 is 0.274 bits per heavy atom. The lowest BCUT2D eigenvalue weighted by Crippen LogP contribution is -2.30. The van der Waals surface area contributed by atoms with Gasteiger partial charge in [-0.25, -0.2) is 0 Å². The van der Waals surface area contributed by atoms with Crippen molar-refractivity contribution in [2.24, 2.45) is 0 Å². The summed E-state index contributed by atoms with van der Waals surface area (Å²) in [6.07, 6.45) is 85.5. The van der Waals surface area contributed by atoms with E-state index in [0.29, 0.717) is 19.3 Å². The van der Waals surface area contributed by atoms with Crippen LogP contribution in [0.5, 0.6) is 0 Å². The summed E-state index contributed by atoms with van der Waals surface area (Å²) in [5.74, 6) is -1.05. The maximum Gasteiger partial charge on any atom is 0.306 e. The second-order valence-corrected chi connectivity index (χ2v) is 18.8. The lowest BCUT2D eigenvalue weighted by atomic mass is 10.1. The Balaban J connectivity index is 4.62. The van der Waals surface area contributed by atoms with Gasteiger partial charge in [0.05, 0.1) is 0 Å². The fourth-order valence-electron chi connectivity index (χ4n) is 7.34. The number of carbonyl (C=O) groups excluding carboxylic acids is 3. The van der Waals surface area contributed by atoms with E-state index in [-0.39, 0.29) is 37.5 Å². The summed E-state index contributed by atoms with van der Waals surface area (Å²) in [6.45, 7) is 6.44. The summed E-state index contributed by atoms with van der Waals surface area (Å²) < 4.78 is 16.8. The molecule has 6 nitrogen and oxygen atoms in total. The average molecular weight is 1010 g/mol. The molecule has 0 aliphatic rings. The van der Waals surface area contributed by atoms with Crippen LogP contribution >= 0.6 is 0 Å². The van der Waals surface area contributed by atoms with E-state index in [2.05, 4.69) is 167 Å². The Bertz CT molecular complexity index is 1550. The van der Waals surface area contributed by atoms with Crippen LogP contribution < -0.4 is 0 Å². The van der Waals surface area contributed by atoms with Gasteiger partial charge in [0.1, 0.15) is 13.2 Å². The van der Waals surface area contributed by atoms with Crippen LogP contribution in [0.3, 0.4) is 0 Å². The standard InChI is InChI=1S/C67H106O6/c1-4-7-10-13-16-19-22-25-28-31-33-36-38-41-44-47-50-53-56-59-65(68)71-62-64(73-67(70)61-58-55-52-49-46-43-40-35-30-27-24-21-18-15-12-9-6-3)63-72-66(69)60-57-54-51-48-45-42-39-37-34-32-29-26-23-20-17-14-11-8-5-2/h16-21,25-30,33-34,36-37,40-45,49,52,64H,4-15,22-24,31-32,35,38-39,46-48,50-51,53-63H2,1-3H3/b19-16-,20-17-,21-18-,28-25-,29-26-,30-27-,36-33-,37-34-,43-40-,44-41-,45-42-,52-49-. The van der Waals surface area contributed by atoms with E-state index < -0.39 is 6.10 Å². The van der Waals surface area contributed by atoms with Gasteiger partial charge in [-0.3, -0.25) is 14.4 Å². The average Bonchev–Trinajstić information content (AvgIpc) is 3.39. The van der Waals surface area contributed by atoms with Crippen molar-refractivity contribution in [1.29, 1.82) is 0 Å².